The van der Waals surface area contributed by atoms with E-state index < -0.39 is 0 Å². The predicted octanol–water partition coefficient (Wildman–Crippen LogP) is 1.11. The molecule has 1 aromatic carbocycles. The zero-order valence-corrected chi connectivity index (χ0v) is 10.9. The zero-order valence-electron chi connectivity index (χ0n) is 5.36. The molecule has 0 heterocycles. The van der Waals surface area contributed by atoms with Crippen molar-refractivity contribution in [1.82, 2.24) is 0 Å². The molecule has 0 amide bonds. The van der Waals surface area contributed by atoms with Gasteiger partial charge in [0.05, 0.1) is 0 Å². The van der Waals surface area contributed by atoms with Crippen molar-refractivity contribution in [3.63, 3.8) is 0 Å². The van der Waals surface area contributed by atoms with Gasteiger partial charge in [-0.15, -0.1) is 5.34 Å². The van der Waals surface area contributed by atoms with E-state index in [0.717, 1.165) is 31.5 Å². The molecule has 4 heteroatoms. The Balaban J connectivity index is 0.000000236. The number of rotatable bonds is 0. The van der Waals surface area contributed by atoms with Crippen molar-refractivity contribution in [2.24, 2.45) is 5.34 Å². The molecule has 0 fully saturated rings. The van der Waals surface area contributed by atoms with E-state index in [1.165, 1.54) is 3.07 Å². The van der Waals surface area contributed by atoms with Crippen LogP contribution in [0.1, 0.15) is 0 Å². The second kappa shape index (κ2) is 6.67. The summed E-state index contributed by atoms with van der Waals surface area (Å²) in [7, 11) is 0. The summed E-state index contributed by atoms with van der Waals surface area (Å²) in [5.74, 6) is 0. The van der Waals surface area contributed by atoms with Crippen LogP contribution in [0.2, 0.25) is 0 Å². The van der Waals surface area contributed by atoms with Gasteiger partial charge in [0.2, 0.25) is 0 Å². The first-order valence-electron chi connectivity index (χ1n) is 2.63. The molecule has 0 atom stereocenters. The van der Waals surface area contributed by atoms with Crippen LogP contribution in [-0.2, 0) is 26.1 Å². The Bertz CT molecular complexity index is 178. The molecule has 0 saturated carbocycles. The van der Waals surface area contributed by atoms with E-state index >= 15 is 0 Å². The Labute approximate surface area is 75.0 Å². The van der Waals surface area contributed by atoms with Crippen molar-refractivity contribution >= 4 is 3.07 Å². The molecular formula is C6H5HgNO2-. The Morgan fingerprint density at radius 2 is 1.70 bits per heavy atom. The molecule has 1 rings (SSSR count). The van der Waals surface area contributed by atoms with Crippen molar-refractivity contribution in [2.45, 2.75) is 0 Å². The van der Waals surface area contributed by atoms with Crippen molar-refractivity contribution in [3.05, 3.63) is 40.4 Å². The predicted molar refractivity (Wildman–Crippen MR) is 35.2 cm³/mol. The van der Waals surface area contributed by atoms with E-state index in [1.807, 2.05) is 0 Å². The van der Waals surface area contributed by atoms with Crippen LogP contribution in [0.15, 0.2) is 35.7 Å². The average molecular weight is 324 g/mol. The van der Waals surface area contributed by atoms with Crippen LogP contribution in [0.4, 0.5) is 0 Å². The van der Waals surface area contributed by atoms with Gasteiger partial charge < -0.3 is 10.1 Å². The van der Waals surface area contributed by atoms with Crippen LogP contribution in [0.25, 0.3) is 0 Å². The Morgan fingerprint density at radius 1 is 1.30 bits per heavy atom. The summed E-state index contributed by atoms with van der Waals surface area (Å²) in [5.41, 5.74) is 0. The first kappa shape index (κ1) is 9.56. The van der Waals surface area contributed by atoms with Gasteiger partial charge in [0, 0.05) is 0 Å². The second-order valence-corrected chi connectivity index (χ2v) is 4.73. The zero-order chi connectivity index (χ0) is 7.82. The summed E-state index contributed by atoms with van der Waals surface area (Å²) in [4.78, 5) is 8.00. The molecule has 0 aliphatic heterocycles. The van der Waals surface area contributed by atoms with E-state index in [2.05, 4.69) is 30.3 Å². The van der Waals surface area contributed by atoms with Gasteiger partial charge in [0.15, 0.2) is 0 Å². The summed E-state index contributed by atoms with van der Waals surface area (Å²) >= 11 is 0.810. The first-order chi connectivity index (χ1) is 4.81. The van der Waals surface area contributed by atoms with Gasteiger partial charge in [-0.2, -0.15) is 0 Å². The van der Waals surface area contributed by atoms with Crippen LogP contribution in [0.3, 0.4) is 0 Å². The molecule has 0 aliphatic carbocycles. The maximum atomic E-state index is 8.00. The van der Waals surface area contributed by atoms with E-state index in [-0.39, 0.29) is 0 Å². The molecule has 3 nitrogen and oxygen atoms in total. The van der Waals surface area contributed by atoms with Gasteiger partial charge >= 0.3 is 59.5 Å². The fraction of sp³-hybridized carbons (Fsp3) is 0. The van der Waals surface area contributed by atoms with E-state index in [4.69, 9.17) is 10.1 Å². The summed E-state index contributed by atoms with van der Waals surface area (Å²) in [6.45, 7) is 0. The van der Waals surface area contributed by atoms with Crippen LogP contribution in [0, 0.1) is 10.1 Å². The van der Waals surface area contributed by atoms with Crippen molar-refractivity contribution < 1.29 is 26.1 Å². The maximum absolute atomic E-state index is 8.00. The Morgan fingerprint density at radius 3 is 1.90 bits per heavy atom. The van der Waals surface area contributed by atoms with Gasteiger partial charge in [-0.25, -0.2) is 0 Å². The molecule has 0 aliphatic rings. The van der Waals surface area contributed by atoms with Crippen LogP contribution in [-0.4, -0.2) is 0 Å². The standard InChI is InChI=1S/C6H5.Hg.HNO2/c1-2-4-6-5-3-1;;2-1-3/h1-5H;;(H,2,3)/p-1. The first-order valence-corrected chi connectivity index (χ1v) is 5.38. The average Bonchev–Trinajstić information content (AvgIpc) is 1.91. The summed E-state index contributed by atoms with van der Waals surface area (Å²) in [6.07, 6.45) is 0. The number of benzene rings is 1. The molecule has 0 unspecified atom stereocenters. The number of hydrogen-bond donors (Lipinski definition) is 0. The SMILES string of the molecule is O=N[O-].[Hg][c]1ccccc1. The number of hydrogen-bond acceptors (Lipinski definition) is 3. The van der Waals surface area contributed by atoms with Crippen LogP contribution >= 0.6 is 0 Å². The minimum atomic E-state index is 0.810. The van der Waals surface area contributed by atoms with Gasteiger partial charge in [0.25, 0.3) is 0 Å². The van der Waals surface area contributed by atoms with E-state index in [0.29, 0.717) is 0 Å². The molecule has 0 saturated heterocycles. The molecular weight excluding hydrogens is 319 g/mol. The van der Waals surface area contributed by atoms with Crippen LogP contribution < -0.4 is 3.07 Å². The Kier molecular flexibility index (Phi) is 6.38. The normalized spacial score (nSPS) is 7.40. The van der Waals surface area contributed by atoms with Crippen molar-refractivity contribution in [2.75, 3.05) is 0 Å². The second-order valence-electron chi connectivity index (χ2n) is 1.56. The quantitative estimate of drug-likeness (QED) is 0.408. The van der Waals surface area contributed by atoms with Gasteiger partial charge in [0.1, 0.15) is 0 Å². The van der Waals surface area contributed by atoms with Crippen LogP contribution in [0.5, 0.6) is 0 Å². The molecule has 0 spiro atoms. The monoisotopic (exact) mass is 325 g/mol. The summed E-state index contributed by atoms with van der Waals surface area (Å²) in [6, 6.07) is 10.6. The van der Waals surface area contributed by atoms with Gasteiger partial charge in [-0.1, -0.05) is 0 Å². The topological polar surface area (TPSA) is 52.5 Å². The minimum absolute atomic E-state index is 0.810. The fourth-order valence-corrected chi connectivity index (χ4v) is 1.54. The van der Waals surface area contributed by atoms with Gasteiger partial charge in [-0.3, -0.25) is 0 Å². The third-order valence-corrected chi connectivity index (χ3v) is 2.68. The molecule has 0 N–H and O–H groups in total. The number of nitrogens with zero attached hydrogens (tertiary/aromatic N) is 1. The van der Waals surface area contributed by atoms with E-state index in [1.54, 1.807) is 0 Å². The molecule has 0 bridgehead atoms. The van der Waals surface area contributed by atoms with Crippen molar-refractivity contribution in [1.29, 1.82) is 0 Å². The molecule has 1 aromatic rings. The molecule has 10 heavy (non-hydrogen) atoms. The molecule has 49 valence electrons. The fourth-order valence-electron chi connectivity index (χ4n) is 0.478. The van der Waals surface area contributed by atoms with Crippen molar-refractivity contribution in [3.8, 4) is 0 Å². The van der Waals surface area contributed by atoms with E-state index in [9.17, 15) is 0 Å². The summed E-state index contributed by atoms with van der Waals surface area (Å²) < 4.78 is 1.52. The Hall–Kier alpha value is -0.445. The van der Waals surface area contributed by atoms with Gasteiger partial charge in [-0.05, 0) is 0 Å². The molecule has 0 radical (unpaired) electrons. The molecule has 0 aromatic heterocycles. The third-order valence-electron chi connectivity index (χ3n) is 0.843. The summed E-state index contributed by atoms with van der Waals surface area (Å²) in [5, 5.41) is 9.00. The third kappa shape index (κ3) is 5.69.